The van der Waals surface area contributed by atoms with Gasteiger partial charge in [-0.05, 0) is 19.8 Å². The van der Waals surface area contributed by atoms with E-state index in [-0.39, 0.29) is 81.9 Å². The van der Waals surface area contributed by atoms with Crippen LogP contribution in [0.15, 0.2) is 0 Å². The predicted octanol–water partition coefficient (Wildman–Crippen LogP) is 2.99. The molecule has 0 aliphatic rings. The molecule has 26 heavy (non-hydrogen) atoms. The SMILES string of the molecule is CC(=O)[O-].CCCCCCCCCCCCCCCCCC(=O)[O-].[Ca+2].[Ca+2]. The fourth-order valence-corrected chi connectivity index (χ4v) is 2.64. The largest absolute Gasteiger partial charge is 2.00 e. The van der Waals surface area contributed by atoms with Crippen molar-refractivity contribution in [3.8, 4) is 0 Å². The minimum Gasteiger partial charge on any atom is -0.550 e. The Hall–Kier alpha value is 1.46. The Balaban J connectivity index is -0.000000363. The van der Waals surface area contributed by atoms with E-state index in [1.807, 2.05) is 0 Å². The molecule has 0 aromatic heterocycles. The van der Waals surface area contributed by atoms with Crippen LogP contribution in [-0.2, 0) is 9.59 Å². The molecule has 0 N–H and O–H groups in total. The summed E-state index contributed by atoms with van der Waals surface area (Å²) in [6.07, 6.45) is 19.9. The molecule has 0 amide bonds. The van der Waals surface area contributed by atoms with E-state index in [4.69, 9.17) is 9.90 Å². The minimum atomic E-state index is -1.08. The molecular weight excluding hydrogens is 384 g/mol. The number of carbonyl (C=O) groups excluding carboxylic acids is 2. The average molecular weight is 423 g/mol. The Labute approximate surface area is 221 Å². The van der Waals surface area contributed by atoms with E-state index in [1.54, 1.807) is 0 Å². The smallest absolute Gasteiger partial charge is 0.550 e. The molecule has 0 radical (unpaired) electrons. The van der Waals surface area contributed by atoms with E-state index in [9.17, 15) is 9.90 Å². The predicted molar refractivity (Wildman–Crippen MR) is 107 cm³/mol. The molecule has 0 aliphatic carbocycles. The first-order chi connectivity index (χ1) is 11.5. The number of carbonyl (C=O) groups is 2. The summed E-state index contributed by atoms with van der Waals surface area (Å²) in [7, 11) is 0. The van der Waals surface area contributed by atoms with Crippen LogP contribution in [0.1, 0.15) is 117 Å². The zero-order valence-corrected chi connectivity index (χ0v) is 21.8. The van der Waals surface area contributed by atoms with E-state index in [0.717, 1.165) is 19.8 Å². The third-order valence-electron chi connectivity index (χ3n) is 3.98. The third-order valence-corrected chi connectivity index (χ3v) is 3.98. The van der Waals surface area contributed by atoms with E-state index in [2.05, 4.69) is 6.92 Å². The molecule has 0 aromatic carbocycles. The van der Waals surface area contributed by atoms with Crippen LogP contribution in [0, 0.1) is 0 Å². The maximum Gasteiger partial charge on any atom is 2.00 e. The quantitative estimate of drug-likeness (QED) is 0.283. The van der Waals surface area contributed by atoms with Crippen LogP contribution in [-0.4, -0.2) is 87.4 Å². The average Bonchev–Trinajstić information content (AvgIpc) is 2.50. The summed E-state index contributed by atoms with van der Waals surface area (Å²) >= 11 is 0. The van der Waals surface area contributed by atoms with Gasteiger partial charge in [-0.1, -0.05) is 96.8 Å². The van der Waals surface area contributed by atoms with Gasteiger partial charge >= 0.3 is 75.5 Å². The van der Waals surface area contributed by atoms with Crippen molar-refractivity contribution in [1.82, 2.24) is 0 Å². The molecule has 0 aromatic rings. The molecule has 0 bridgehead atoms. The van der Waals surface area contributed by atoms with E-state index in [0.29, 0.717) is 0 Å². The molecular formula is C20H38Ca2O4+2. The molecule has 0 spiro atoms. The van der Waals surface area contributed by atoms with Gasteiger partial charge in [-0.25, -0.2) is 0 Å². The fraction of sp³-hybridized carbons (Fsp3) is 0.900. The molecule has 6 heteroatoms. The van der Waals surface area contributed by atoms with Crippen LogP contribution >= 0.6 is 0 Å². The molecule has 0 fully saturated rings. The molecule has 0 saturated heterocycles. The first-order valence-electron chi connectivity index (χ1n) is 9.88. The summed E-state index contributed by atoms with van der Waals surface area (Å²) in [6, 6.07) is 0. The Kier molecular flexibility index (Phi) is 41.9. The Morgan fingerprint density at radius 3 is 1.04 bits per heavy atom. The van der Waals surface area contributed by atoms with Crippen LogP contribution in [0.5, 0.6) is 0 Å². The maximum atomic E-state index is 10.2. The molecule has 144 valence electrons. The molecule has 0 heterocycles. The molecule has 0 rings (SSSR count). The van der Waals surface area contributed by atoms with Crippen molar-refractivity contribution < 1.29 is 19.8 Å². The van der Waals surface area contributed by atoms with Gasteiger partial charge < -0.3 is 19.8 Å². The van der Waals surface area contributed by atoms with Gasteiger partial charge in [0.2, 0.25) is 0 Å². The molecule has 0 unspecified atom stereocenters. The summed E-state index contributed by atoms with van der Waals surface area (Å²) in [4.78, 5) is 19.1. The van der Waals surface area contributed by atoms with Gasteiger partial charge in [-0.2, -0.15) is 0 Å². The summed E-state index contributed by atoms with van der Waals surface area (Å²) in [5.74, 6) is -1.99. The summed E-state index contributed by atoms with van der Waals surface area (Å²) in [5.41, 5.74) is 0. The van der Waals surface area contributed by atoms with Gasteiger partial charge in [0.1, 0.15) is 0 Å². The van der Waals surface area contributed by atoms with Crippen molar-refractivity contribution in [3.63, 3.8) is 0 Å². The van der Waals surface area contributed by atoms with E-state index < -0.39 is 11.9 Å². The van der Waals surface area contributed by atoms with Crippen molar-refractivity contribution in [2.24, 2.45) is 0 Å². The second kappa shape index (κ2) is 31.2. The van der Waals surface area contributed by atoms with Crippen molar-refractivity contribution >= 4 is 87.4 Å². The number of hydrogen-bond acceptors (Lipinski definition) is 4. The van der Waals surface area contributed by atoms with Crippen molar-refractivity contribution in [2.45, 2.75) is 117 Å². The maximum absolute atomic E-state index is 10.2. The topological polar surface area (TPSA) is 80.3 Å². The van der Waals surface area contributed by atoms with Crippen LogP contribution in [0.4, 0.5) is 0 Å². The molecule has 0 aliphatic heterocycles. The van der Waals surface area contributed by atoms with E-state index in [1.165, 1.54) is 83.5 Å². The molecule has 0 atom stereocenters. The zero-order valence-electron chi connectivity index (χ0n) is 17.4. The minimum absolute atomic E-state index is 0. The van der Waals surface area contributed by atoms with Crippen molar-refractivity contribution in [3.05, 3.63) is 0 Å². The number of rotatable bonds is 16. The summed E-state index contributed by atoms with van der Waals surface area (Å²) in [6.45, 7) is 3.24. The zero-order chi connectivity index (χ0) is 18.5. The number of hydrogen-bond donors (Lipinski definition) is 0. The number of unbranched alkanes of at least 4 members (excludes halogenated alkanes) is 14. The van der Waals surface area contributed by atoms with Crippen molar-refractivity contribution in [2.75, 3.05) is 0 Å². The number of carboxylic acids is 2. The van der Waals surface area contributed by atoms with Crippen LogP contribution in [0.3, 0.4) is 0 Å². The van der Waals surface area contributed by atoms with Crippen LogP contribution < -0.4 is 10.2 Å². The van der Waals surface area contributed by atoms with Gasteiger partial charge in [0.25, 0.3) is 0 Å². The summed E-state index contributed by atoms with van der Waals surface area (Å²) < 4.78 is 0. The van der Waals surface area contributed by atoms with E-state index >= 15 is 0 Å². The van der Waals surface area contributed by atoms with Crippen molar-refractivity contribution in [1.29, 1.82) is 0 Å². The Morgan fingerprint density at radius 2 is 0.808 bits per heavy atom. The second-order valence-corrected chi connectivity index (χ2v) is 6.56. The monoisotopic (exact) mass is 422 g/mol. The molecule has 4 nitrogen and oxygen atoms in total. The summed E-state index contributed by atoms with van der Waals surface area (Å²) in [5, 5.41) is 19.1. The number of carboxylic acid groups (broad SMARTS) is 2. The van der Waals surface area contributed by atoms with Crippen LogP contribution in [0.25, 0.3) is 0 Å². The standard InChI is InChI=1S/C18H36O2.C2H4O2.2Ca/c1-2-3-4-5-6-7-8-9-10-11-12-13-14-15-16-17-18(19)20;1-2(3)4;;/h2-17H2,1H3,(H,19,20);1H3,(H,3,4);;/q;;2*+2/p-2. The van der Waals surface area contributed by atoms with Gasteiger partial charge in [0.05, 0.1) is 0 Å². The normalized spacial score (nSPS) is 9.31. The van der Waals surface area contributed by atoms with Crippen LogP contribution in [0.2, 0.25) is 0 Å². The fourth-order valence-electron chi connectivity index (χ4n) is 2.64. The third kappa shape index (κ3) is 44.7. The second-order valence-electron chi connectivity index (χ2n) is 6.56. The Morgan fingerprint density at radius 1 is 0.577 bits per heavy atom. The van der Waals surface area contributed by atoms with Gasteiger partial charge in [0.15, 0.2) is 0 Å². The first-order valence-corrected chi connectivity index (χ1v) is 9.88. The van der Waals surface area contributed by atoms with Gasteiger partial charge in [0, 0.05) is 11.9 Å². The molecule has 0 saturated carbocycles. The van der Waals surface area contributed by atoms with Gasteiger partial charge in [-0.3, -0.25) is 0 Å². The van der Waals surface area contributed by atoms with Gasteiger partial charge in [-0.15, -0.1) is 0 Å². The number of aliphatic carboxylic acids is 2. The Bertz CT molecular complexity index is 283. The first kappa shape index (κ1) is 34.9.